The molecule has 0 radical (unpaired) electrons. The van der Waals surface area contributed by atoms with Crippen molar-refractivity contribution in [3.63, 3.8) is 0 Å². The van der Waals surface area contributed by atoms with E-state index in [1.165, 1.54) is 5.56 Å². The smallest absolute Gasteiger partial charge is 0.152 e. The molecule has 0 aliphatic heterocycles. The van der Waals surface area contributed by atoms with Gasteiger partial charge in [-0.15, -0.1) is 0 Å². The van der Waals surface area contributed by atoms with Gasteiger partial charge in [0.2, 0.25) is 0 Å². The molecule has 0 amide bonds. The molecule has 2 aromatic rings. The summed E-state index contributed by atoms with van der Waals surface area (Å²) in [6, 6.07) is 6.10. The summed E-state index contributed by atoms with van der Waals surface area (Å²) >= 11 is 0. The van der Waals surface area contributed by atoms with Gasteiger partial charge >= 0.3 is 0 Å². The summed E-state index contributed by atoms with van der Waals surface area (Å²) in [5, 5.41) is 1.03. The second-order valence-electron chi connectivity index (χ2n) is 3.33. The van der Waals surface area contributed by atoms with E-state index in [4.69, 9.17) is 0 Å². The molecule has 13 heavy (non-hydrogen) atoms. The molecule has 0 fully saturated rings. The van der Waals surface area contributed by atoms with E-state index in [-0.39, 0.29) is 0 Å². The third-order valence-corrected chi connectivity index (χ3v) is 2.30. The van der Waals surface area contributed by atoms with Gasteiger partial charge in [0.25, 0.3) is 0 Å². The second kappa shape index (κ2) is 2.73. The molecule has 0 saturated carbocycles. The highest BCUT2D eigenvalue weighted by molar-refractivity contribution is 5.97. The summed E-state index contributed by atoms with van der Waals surface area (Å²) in [6.07, 6.45) is 2.76. The molecule has 2 heteroatoms. The topological polar surface area (TPSA) is 22.0 Å². The van der Waals surface area contributed by atoms with Crippen molar-refractivity contribution >= 4 is 17.2 Å². The van der Waals surface area contributed by atoms with Crippen molar-refractivity contribution in [2.45, 2.75) is 6.92 Å². The van der Waals surface area contributed by atoms with Gasteiger partial charge in [0.1, 0.15) is 0 Å². The zero-order valence-corrected chi connectivity index (χ0v) is 7.74. The molecule has 2 nitrogen and oxygen atoms in total. The molecule has 1 heterocycles. The second-order valence-corrected chi connectivity index (χ2v) is 3.33. The van der Waals surface area contributed by atoms with Gasteiger partial charge in [-0.25, -0.2) is 0 Å². The fraction of sp³-hybridized carbons (Fsp3) is 0.182. The number of nitrogens with zero attached hydrogens (tertiary/aromatic N) is 1. The maximum atomic E-state index is 10.7. The molecule has 0 N–H and O–H groups in total. The van der Waals surface area contributed by atoms with Crippen molar-refractivity contribution in [1.82, 2.24) is 4.57 Å². The largest absolute Gasteiger partial charge is 0.350 e. The first-order valence-electron chi connectivity index (χ1n) is 4.23. The zero-order valence-electron chi connectivity index (χ0n) is 7.74. The number of hydrogen-bond acceptors (Lipinski definition) is 1. The number of hydrogen-bond donors (Lipinski definition) is 0. The lowest BCUT2D eigenvalue weighted by Gasteiger charge is -1.96. The molecule has 0 aliphatic rings. The number of aryl methyl sites for hydroxylation is 2. The molecular formula is C11H11NO. The number of fused-ring (bicyclic) bond motifs is 1. The van der Waals surface area contributed by atoms with Crippen molar-refractivity contribution < 1.29 is 4.79 Å². The first-order chi connectivity index (χ1) is 6.22. The highest BCUT2D eigenvalue weighted by Gasteiger charge is 2.04. The number of aromatic nitrogens is 1. The molecule has 0 unspecified atom stereocenters. The average Bonchev–Trinajstić information content (AvgIpc) is 2.43. The minimum atomic E-state index is 0.762. The molecule has 0 aliphatic carbocycles. The van der Waals surface area contributed by atoms with Gasteiger partial charge in [-0.2, -0.15) is 0 Å². The Hall–Kier alpha value is -1.57. The van der Waals surface area contributed by atoms with E-state index in [0.29, 0.717) is 0 Å². The summed E-state index contributed by atoms with van der Waals surface area (Å²) in [7, 11) is 1.95. The van der Waals surface area contributed by atoms with E-state index in [1.54, 1.807) is 0 Å². The van der Waals surface area contributed by atoms with Gasteiger partial charge in [0.05, 0.1) is 0 Å². The summed E-state index contributed by atoms with van der Waals surface area (Å²) in [4.78, 5) is 10.7. The molecule has 0 saturated heterocycles. The van der Waals surface area contributed by atoms with Crippen LogP contribution in [0.25, 0.3) is 10.9 Å². The number of benzene rings is 1. The normalized spacial score (nSPS) is 10.6. The van der Waals surface area contributed by atoms with Crippen molar-refractivity contribution in [2.75, 3.05) is 0 Å². The van der Waals surface area contributed by atoms with Crippen LogP contribution < -0.4 is 0 Å². The highest BCUT2D eigenvalue weighted by Crippen LogP contribution is 2.20. The van der Waals surface area contributed by atoms with Crippen LogP contribution in [0.1, 0.15) is 15.9 Å². The third kappa shape index (κ3) is 1.15. The third-order valence-electron chi connectivity index (χ3n) is 2.30. The lowest BCUT2D eigenvalue weighted by atomic mass is 10.1. The van der Waals surface area contributed by atoms with Crippen LogP contribution in [-0.4, -0.2) is 10.9 Å². The Bertz CT molecular complexity index is 468. The monoisotopic (exact) mass is 173 g/mol. The molecule has 0 spiro atoms. The summed E-state index contributed by atoms with van der Waals surface area (Å²) in [5.41, 5.74) is 3.09. The number of carbonyl (C=O) groups excluding carboxylic acids is 1. The van der Waals surface area contributed by atoms with E-state index in [9.17, 15) is 4.79 Å². The van der Waals surface area contributed by atoms with E-state index < -0.39 is 0 Å². The molecular weight excluding hydrogens is 162 g/mol. The predicted octanol–water partition coefficient (Wildman–Crippen LogP) is 2.30. The Morgan fingerprint density at radius 2 is 2.15 bits per heavy atom. The molecule has 2 rings (SSSR count). The number of rotatable bonds is 1. The van der Waals surface area contributed by atoms with Gasteiger partial charge in [0, 0.05) is 29.7 Å². The Balaban J connectivity index is 2.88. The van der Waals surface area contributed by atoms with E-state index in [2.05, 4.69) is 6.07 Å². The maximum absolute atomic E-state index is 10.7. The fourth-order valence-electron chi connectivity index (χ4n) is 1.62. The summed E-state index contributed by atoms with van der Waals surface area (Å²) in [5.74, 6) is 0. The fourth-order valence-corrected chi connectivity index (χ4v) is 1.62. The molecule has 1 aromatic heterocycles. The summed E-state index contributed by atoms with van der Waals surface area (Å²) < 4.78 is 1.98. The SMILES string of the molecule is Cc1ccc2c(C=O)cn(C)c2c1. The van der Waals surface area contributed by atoms with Crippen LogP contribution in [0.3, 0.4) is 0 Å². The van der Waals surface area contributed by atoms with Gasteiger partial charge in [0.15, 0.2) is 6.29 Å². The highest BCUT2D eigenvalue weighted by atomic mass is 16.1. The average molecular weight is 173 g/mol. The van der Waals surface area contributed by atoms with Gasteiger partial charge in [-0.1, -0.05) is 12.1 Å². The Morgan fingerprint density at radius 1 is 1.38 bits per heavy atom. The van der Waals surface area contributed by atoms with Crippen molar-refractivity contribution in [2.24, 2.45) is 7.05 Å². The van der Waals surface area contributed by atoms with Crippen LogP contribution in [0.15, 0.2) is 24.4 Å². The van der Waals surface area contributed by atoms with E-state index in [0.717, 1.165) is 22.8 Å². The van der Waals surface area contributed by atoms with Crippen LogP contribution in [0, 0.1) is 6.92 Å². The molecule has 66 valence electrons. The van der Waals surface area contributed by atoms with Crippen LogP contribution in [0.4, 0.5) is 0 Å². The Morgan fingerprint density at radius 3 is 2.85 bits per heavy atom. The van der Waals surface area contributed by atoms with Crippen LogP contribution in [0.2, 0.25) is 0 Å². The Kier molecular flexibility index (Phi) is 1.69. The molecule has 0 atom stereocenters. The van der Waals surface area contributed by atoms with Crippen LogP contribution >= 0.6 is 0 Å². The zero-order chi connectivity index (χ0) is 9.42. The van der Waals surface area contributed by atoms with Crippen molar-refractivity contribution in [3.8, 4) is 0 Å². The number of carbonyl (C=O) groups is 1. The molecule has 1 aromatic carbocycles. The van der Waals surface area contributed by atoms with Crippen molar-refractivity contribution in [1.29, 1.82) is 0 Å². The van der Waals surface area contributed by atoms with Gasteiger partial charge < -0.3 is 4.57 Å². The van der Waals surface area contributed by atoms with E-state index in [1.807, 2.05) is 36.9 Å². The minimum Gasteiger partial charge on any atom is -0.350 e. The number of aldehydes is 1. The predicted molar refractivity (Wildman–Crippen MR) is 53.0 cm³/mol. The first-order valence-corrected chi connectivity index (χ1v) is 4.23. The maximum Gasteiger partial charge on any atom is 0.152 e. The van der Waals surface area contributed by atoms with Crippen LogP contribution in [0.5, 0.6) is 0 Å². The summed E-state index contributed by atoms with van der Waals surface area (Å²) in [6.45, 7) is 2.05. The van der Waals surface area contributed by atoms with Crippen LogP contribution in [-0.2, 0) is 7.05 Å². The quantitative estimate of drug-likeness (QED) is 0.606. The van der Waals surface area contributed by atoms with Crippen molar-refractivity contribution in [3.05, 3.63) is 35.5 Å². The lowest BCUT2D eigenvalue weighted by Crippen LogP contribution is -1.83. The van der Waals surface area contributed by atoms with Gasteiger partial charge in [-0.05, 0) is 18.6 Å². The molecule has 0 bridgehead atoms. The lowest BCUT2D eigenvalue weighted by molar-refractivity contribution is 0.112. The standard InChI is InChI=1S/C11H11NO/c1-8-3-4-10-9(7-13)6-12(2)11(10)5-8/h3-7H,1-2H3. The minimum absolute atomic E-state index is 0.762. The first kappa shape index (κ1) is 8.05. The Labute approximate surface area is 76.8 Å². The van der Waals surface area contributed by atoms with Gasteiger partial charge in [-0.3, -0.25) is 4.79 Å². The van der Waals surface area contributed by atoms with E-state index >= 15 is 0 Å².